The van der Waals surface area contributed by atoms with Gasteiger partial charge in [-0.25, -0.2) is 13.1 Å². The zero-order valence-electron chi connectivity index (χ0n) is 11.4. The van der Waals surface area contributed by atoms with E-state index in [4.69, 9.17) is 27.0 Å². The molecule has 0 saturated heterocycles. The number of aromatic nitrogens is 2. The van der Waals surface area contributed by atoms with Gasteiger partial charge in [0.15, 0.2) is 0 Å². The molecule has 1 heterocycles. The Morgan fingerprint density at radius 1 is 1.45 bits per heavy atom. The lowest BCUT2D eigenvalue weighted by Crippen LogP contribution is -2.14. The number of ether oxygens (including phenoxy) is 1. The minimum absolute atomic E-state index is 0.161. The summed E-state index contributed by atoms with van der Waals surface area (Å²) < 4.78 is 29.1. The minimum atomic E-state index is -4.03. The average Bonchev–Trinajstić information content (AvgIpc) is 2.53. The van der Waals surface area contributed by atoms with E-state index in [1.54, 1.807) is 6.92 Å². The fourth-order valence-electron chi connectivity index (χ4n) is 1.67. The van der Waals surface area contributed by atoms with Crippen LogP contribution in [0.2, 0.25) is 5.15 Å². The highest BCUT2D eigenvalue weighted by molar-refractivity contribution is 8.13. The number of carbonyl (C=O) groups excluding carboxylic acids is 1. The van der Waals surface area contributed by atoms with Crippen LogP contribution < -0.4 is 0 Å². The molecule has 0 saturated carbocycles. The first-order valence-electron chi connectivity index (χ1n) is 6.02. The number of nitrogens with zero attached hydrogens (tertiary/aromatic N) is 2. The van der Waals surface area contributed by atoms with Gasteiger partial charge in [-0.2, -0.15) is 5.10 Å². The van der Waals surface area contributed by atoms with Crippen molar-refractivity contribution in [3.63, 3.8) is 0 Å². The molecule has 1 aromatic heterocycles. The summed E-state index contributed by atoms with van der Waals surface area (Å²) in [6, 6.07) is 0. The Labute approximate surface area is 127 Å². The van der Waals surface area contributed by atoms with Crippen molar-refractivity contribution in [2.45, 2.75) is 38.6 Å². The van der Waals surface area contributed by atoms with Crippen LogP contribution in [0, 0.1) is 5.92 Å². The van der Waals surface area contributed by atoms with Gasteiger partial charge >= 0.3 is 5.97 Å². The summed E-state index contributed by atoms with van der Waals surface area (Å²) >= 11 is 5.97. The third-order valence-electron chi connectivity index (χ3n) is 2.35. The molecule has 0 radical (unpaired) electrons. The van der Waals surface area contributed by atoms with Gasteiger partial charge in [-0.05, 0) is 19.3 Å². The second-order valence-electron chi connectivity index (χ2n) is 4.57. The number of hydrogen-bond acceptors (Lipinski definition) is 5. The Morgan fingerprint density at radius 2 is 2.05 bits per heavy atom. The summed E-state index contributed by atoms with van der Waals surface area (Å²) in [5.74, 6) is -0.388. The lowest BCUT2D eigenvalue weighted by molar-refractivity contribution is -0.144. The quantitative estimate of drug-likeness (QED) is 0.585. The van der Waals surface area contributed by atoms with Gasteiger partial charge in [0.2, 0.25) is 0 Å². The van der Waals surface area contributed by atoms with Gasteiger partial charge in [-0.3, -0.25) is 4.79 Å². The lowest BCUT2D eigenvalue weighted by Gasteiger charge is -2.03. The second kappa shape index (κ2) is 6.78. The third-order valence-corrected chi connectivity index (χ3v) is 4.22. The summed E-state index contributed by atoms with van der Waals surface area (Å²) in [4.78, 5) is 11.2. The van der Waals surface area contributed by atoms with Crippen molar-refractivity contribution >= 4 is 37.3 Å². The molecule has 0 aliphatic rings. The first-order chi connectivity index (χ1) is 9.16. The van der Waals surface area contributed by atoms with E-state index in [1.807, 2.05) is 13.8 Å². The monoisotopic (exact) mass is 342 g/mol. The average molecular weight is 343 g/mol. The molecule has 0 spiro atoms. The number of hydrogen-bond donors (Lipinski definition) is 0. The van der Waals surface area contributed by atoms with Gasteiger partial charge < -0.3 is 4.74 Å². The van der Waals surface area contributed by atoms with Crippen molar-refractivity contribution in [2.75, 3.05) is 6.61 Å². The Bertz CT molecular complexity index is 596. The summed E-state index contributed by atoms with van der Waals surface area (Å²) in [5.41, 5.74) is 0.254. The van der Waals surface area contributed by atoms with Crippen molar-refractivity contribution in [3.8, 4) is 0 Å². The zero-order valence-corrected chi connectivity index (χ0v) is 13.7. The van der Waals surface area contributed by atoms with Crippen LogP contribution in [0.3, 0.4) is 0 Å². The van der Waals surface area contributed by atoms with Crippen molar-refractivity contribution in [1.82, 2.24) is 9.78 Å². The molecule has 0 amide bonds. The van der Waals surface area contributed by atoms with E-state index in [0.29, 0.717) is 6.42 Å². The van der Waals surface area contributed by atoms with Crippen molar-refractivity contribution in [3.05, 3.63) is 10.8 Å². The highest BCUT2D eigenvalue weighted by Crippen LogP contribution is 2.30. The predicted octanol–water partition coefficient (Wildman–Crippen LogP) is 2.23. The van der Waals surface area contributed by atoms with Crippen LogP contribution in [0.25, 0.3) is 0 Å². The van der Waals surface area contributed by atoms with Crippen molar-refractivity contribution < 1.29 is 17.9 Å². The van der Waals surface area contributed by atoms with E-state index in [2.05, 4.69) is 5.10 Å². The predicted molar refractivity (Wildman–Crippen MR) is 75.5 cm³/mol. The maximum Gasteiger partial charge on any atom is 0.327 e. The number of carbonyl (C=O) groups is 1. The smallest absolute Gasteiger partial charge is 0.327 e. The first kappa shape index (κ1) is 17.3. The molecule has 6 nitrogen and oxygen atoms in total. The molecule has 1 aromatic rings. The summed E-state index contributed by atoms with van der Waals surface area (Å²) in [5, 5.41) is 3.88. The Balaban J connectivity index is 3.22. The Kier molecular flexibility index (Phi) is 5.85. The molecular formula is C11H16Cl2N2O4S. The normalized spacial score (nSPS) is 11.9. The summed E-state index contributed by atoms with van der Waals surface area (Å²) in [6.45, 7) is 5.44. The zero-order chi connectivity index (χ0) is 15.5. The SMILES string of the molecule is CCOC(=O)Cn1nc(CC(C)C)c(S(=O)(=O)Cl)c1Cl. The fraction of sp³-hybridized carbons (Fsp3) is 0.636. The fourth-order valence-corrected chi connectivity index (χ4v) is 3.49. The summed E-state index contributed by atoms with van der Waals surface area (Å²) in [7, 11) is 1.35. The van der Waals surface area contributed by atoms with Gasteiger partial charge in [0.25, 0.3) is 9.05 Å². The van der Waals surface area contributed by atoms with Gasteiger partial charge in [0.1, 0.15) is 16.6 Å². The largest absolute Gasteiger partial charge is 0.465 e. The van der Waals surface area contributed by atoms with Crippen LogP contribution in [-0.2, 0) is 31.5 Å². The molecule has 0 atom stereocenters. The molecule has 0 fully saturated rings. The van der Waals surface area contributed by atoms with Crippen LogP contribution in [0.15, 0.2) is 4.90 Å². The maximum absolute atomic E-state index is 11.6. The van der Waals surface area contributed by atoms with Crippen LogP contribution in [0.1, 0.15) is 26.5 Å². The molecule has 20 heavy (non-hydrogen) atoms. The first-order valence-corrected chi connectivity index (χ1v) is 8.71. The van der Waals surface area contributed by atoms with Gasteiger partial charge in [0, 0.05) is 10.7 Å². The van der Waals surface area contributed by atoms with Gasteiger partial charge in [-0.15, -0.1) is 0 Å². The van der Waals surface area contributed by atoms with E-state index in [-0.39, 0.29) is 34.8 Å². The minimum Gasteiger partial charge on any atom is -0.465 e. The number of halogens is 2. The molecular weight excluding hydrogens is 327 g/mol. The molecule has 9 heteroatoms. The highest BCUT2D eigenvalue weighted by Gasteiger charge is 2.27. The Morgan fingerprint density at radius 3 is 2.50 bits per heavy atom. The van der Waals surface area contributed by atoms with E-state index in [9.17, 15) is 13.2 Å². The van der Waals surface area contributed by atoms with Crippen LogP contribution in [0.5, 0.6) is 0 Å². The molecule has 114 valence electrons. The molecule has 1 rings (SSSR count). The van der Waals surface area contributed by atoms with Gasteiger partial charge in [0.05, 0.1) is 12.3 Å². The maximum atomic E-state index is 11.6. The van der Waals surface area contributed by atoms with Crippen molar-refractivity contribution in [2.24, 2.45) is 5.92 Å². The van der Waals surface area contributed by atoms with Crippen molar-refractivity contribution in [1.29, 1.82) is 0 Å². The Hall–Kier alpha value is -0.790. The topological polar surface area (TPSA) is 78.3 Å². The standard InChI is InChI=1S/C11H16Cl2N2O4S/c1-4-19-9(16)6-15-11(12)10(20(13,17)18)8(14-15)5-7(2)3/h7H,4-6H2,1-3H3. The van der Waals surface area contributed by atoms with Crippen LogP contribution >= 0.6 is 22.3 Å². The molecule has 0 unspecified atom stereocenters. The van der Waals surface area contributed by atoms with Gasteiger partial charge in [-0.1, -0.05) is 25.4 Å². The van der Waals surface area contributed by atoms with E-state index < -0.39 is 15.0 Å². The number of esters is 1. The van der Waals surface area contributed by atoms with E-state index >= 15 is 0 Å². The number of rotatable bonds is 6. The molecule has 0 aromatic carbocycles. The molecule has 0 aliphatic carbocycles. The van der Waals surface area contributed by atoms with E-state index in [1.165, 1.54) is 0 Å². The molecule has 0 aliphatic heterocycles. The second-order valence-corrected chi connectivity index (χ2v) is 7.43. The third kappa shape index (κ3) is 4.36. The van der Waals surface area contributed by atoms with E-state index in [0.717, 1.165) is 4.68 Å². The van der Waals surface area contributed by atoms with Crippen LogP contribution in [0.4, 0.5) is 0 Å². The molecule has 0 N–H and O–H groups in total. The summed E-state index contributed by atoms with van der Waals surface area (Å²) in [6.07, 6.45) is 0.386. The molecule has 0 bridgehead atoms. The van der Waals surface area contributed by atoms with Crippen LogP contribution in [-0.4, -0.2) is 30.8 Å². The highest BCUT2D eigenvalue weighted by atomic mass is 35.7. The lowest BCUT2D eigenvalue weighted by atomic mass is 10.1.